The third kappa shape index (κ3) is 4.24. The van der Waals surface area contributed by atoms with Gasteiger partial charge >= 0.3 is 0 Å². The fourth-order valence-corrected chi connectivity index (χ4v) is 5.83. The Labute approximate surface area is 223 Å². The number of hydrogen-bond acceptors (Lipinski definition) is 5. The number of H-pyrrole nitrogens is 1. The number of carbonyl (C=O) groups excluding carboxylic acids is 1. The predicted octanol–water partition coefficient (Wildman–Crippen LogP) is 5.41. The number of fused-ring (bicyclic) bond motifs is 3. The maximum atomic E-state index is 13.2. The van der Waals surface area contributed by atoms with E-state index in [0.29, 0.717) is 45.0 Å². The van der Waals surface area contributed by atoms with Crippen molar-refractivity contribution in [2.75, 3.05) is 17.6 Å². The molecule has 0 spiro atoms. The van der Waals surface area contributed by atoms with E-state index in [0.717, 1.165) is 11.3 Å². The van der Waals surface area contributed by atoms with E-state index in [1.165, 1.54) is 34.8 Å². The Bertz CT molecular complexity index is 1820. The summed E-state index contributed by atoms with van der Waals surface area (Å²) in [7, 11) is -2.06. The molecule has 9 nitrogen and oxygen atoms in total. The standard InChI is InChI=1S/C28H25FN4O5S/c1-16-22-12-23-25(13-24(22)32(39(3,35)36)15-19-14-31-33(16)19)38-27(26(23)28(34)30-2)17-4-8-20(9-5-17)37-21-10-6-18(29)7-11-21/h4-14,16,31H,15H2,1-3H3,(H,30,34). The molecule has 0 saturated carbocycles. The van der Waals surface area contributed by atoms with E-state index in [9.17, 15) is 17.6 Å². The molecule has 0 aliphatic carbocycles. The first-order valence-electron chi connectivity index (χ1n) is 12.2. The fraction of sp³-hybridized carbons (Fsp3) is 0.179. The molecule has 0 fully saturated rings. The van der Waals surface area contributed by atoms with E-state index >= 15 is 0 Å². The van der Waals surface area contributed by atoms with Crippen molar-refractivity contribution in [3.05, 3.63) is 89.5 Å². The van der Waals surface area contributed by atoms with Crippen molar-refractivity contribution in [1.29, 1.82) is 0 Å². The van der Waals surface area contributed by atoms with Gasteiger partial charge in [0, 0.05) is 35.8 Å². The zero-order valence-corrected chi connectivity index (χ0v) is 22.2. The van der Waals surface area contributed by atoms with Gasteiger partial charge in [0.25, 0.3) is 5.91 Å². The molecule has 0 radical (unpaired) electrons. The molecule has 0 bridgehead atoms. The van der Waals surface area contributed by atoms with Crippen molar-refractivity contribution in [2.24, 2.45) is 0 Å². The van der Waals surface area contributed by atoms with Gasteiger partial charge in [0.05, 0.1) is 35.8 Å². The van der Waals surface area contributed by atoms with Gasteiger partial charge in [-0.1, -0.05) is 0 Å². The summed E-state index contributed by atoms with van der Waals surface area (Å²) in [6.45, 7) is 2.15. The molecule has 1 amide bonds. The number of benzene rings is 3. The molecule has 6 rings (SSSR count). The van der Waals surface area contributed by atoms with Gasteiger partial charge in [-0.25, -0.2) is 12.8 Å². The molecular formula is C28H25FN4O5S. The Balaban J connectivity index is 1.47. The number of furan rings is 1. The molecule has 2 N–H and O–H groups in total. The minimum atomic E-state index is -3.60. The summed E-state index contributed by atoms with van der Waals surface area (Å²) in [6, 6.07) is 16.0. The summed E-state index contributed by atoms with van der Waals surface area (Å²) in [5, 5.41) is 6.38. The highest BCUT2D eigenvalue weighted by molar-refractivity contribution is 7.92. The Kier molecular flexibility index (Phi) is 5.76. The molecule has 3 heterocycles. The quantitative estimate of drug-likeness (QED) is 0.305. The number of amides is 1. The van der Waals surface area contributed by atoms with Crippen LogP contribution in [0.15, 0.2) is 71.3 Å². The van der Waals surface area contributed by atoms with Crippen LogP contribution in [0.25, 0.3) is 22.3 Å². The Morgan fingerprint density at radius 1 is 1.10 bits per heavy atom. The van der Waals surface area contributed by atoms with Crippen LogP contribution in [0.4, 0.5) is 10.1 Å². The van der Waals surface area contributed by atoms with Crippen LogP contribution >= 0.6 is 0 Å². The highest BCUT2D eigenvalue weighted by Crippen LogP contribution is 2.42. The molecule has 39 heavy (non-hydrogen) atoms. The van der Waals surface area contributed by atoms with Crippen LogP contribution in [0, 0.1) is 5.82 Å². The number of nitrogens with one attached hydrogen (secondary N) is 2. The molecule has 2 aromatic heterocycles. The van der Waals surface area contributed by atoms with Crippen molar-refractivity contribution in [3.63, 3.8) is 0 Å². The van der Waals surface area contributed by atoms with Crippen LogP contribution in [-0.2, 0) is 16.6 Å². The Hall–Kier alpha value is -4.51. The van der Waals surface area contributed by atoms with Crippen LogP contribution in [0.5, 0.6) is 11.5 Å². The smallest absolute Gasteiger partial charge is 0.255 e. The zero-order chi connectivity index (χ0) is 27.5. The average Bonchev–Trinajstić information content (AvgIpc) is 3.23. The van der Waals surface area contributed by atoms with Crippen LogP contribution in [0.2, 0.25) is 0 Å². The van der Waals surface area contributed by atoms with Gasteiger partial charge in [-0.3, -0.25) is 13.8 Å². The van der Waals surface area contributed by atoms with Gasteiger partial charge < -0.3 is 19.6 Å². The van der Waals surface area contributed by atoms with Crippen molar-refractivity contribution in [1.82, 2.24) is 15.1 Å². The normalized spacial score (nSPS) is 15.1. The molecule has 5 aromatic rings. The van der Waals surface area contributed by atoms with Crippen molar-refractivity contribution < 1.29 is 26.8 Å². The second kappa shape index (κ2) is 9.05. The van der Waals surface area contributed by atoms with Crippen molar-refractivity contribution in [2.45, 2.75) is 19.5 Å². The number of hydrogen-bond donors (Lipinski definition) is 2. The van der Waals surface area contributed by atoms with Crippen molar-refractivity contribution >= 4 is 32.6 Å². The summed E-state index contributed by atoms with van der Waals surface area (Å²) in [5.41, 5.74) is 3.45. The monoisotopic (exact) mass is 548 g/mol. The lowest BCUT2D eigenvalue weighted by atomic mass is 9.99. The maximum Gasteiger partial charge on any atom is 0.255 e. The first kappa shape index (κ1) is 24.8. The molecule has 3 aromatic carbocycles. The SMILES string of the molecule is CNC(=O)c1c(-c2ccc(Oc3ccc(F)cc3)cc2)oc2cc3c(cc12)C(C)n1[nH]cc1CN3S(C)(=O)=O. The number of ether oxygens (including phenoxy) is 1. The fourth-order valence-electron chi connectivity index (χ4n) is 4.95. The number of carbonyl (C=O) groups is 1. The maximum absolute atomic E-state index is 13.2. The zero-order valence-electron chi connectivity index (χ0n) is 21.4. The third-order valence-corrected chi connectivity index (χ3v) is 8.08. The molecular weight excluding hydrogens is 523 g/mol. The van der Waals surface area contributed by atoms with E-state index in [1.807, 2.05) is 17.7 Å². The number of halogens is 1. The van der Waals surface area contributed by atoms with Gasteiger partial charge in [-0.05, 0) is 61.5 Å². The molecule has 1 unspecified atom stereocenters. The first-order chi connectivity index (χ1) is 18.6. The van der Waals surface area contributed by atoms with E-state index < -0.39 is 10.0 Å². The molecule has 0 saturated heterocycles. The topological polar surface area (TPSA) is 110 Å². The van der Waals surface area contributed by atoms with Gasteiger partial charge in [-0.2, -0.15) is 0 Å². The molecule has 1 atom stereocenters. The highest BCUT2D eigenvalue weighted by atomic mass is 32.2. The van der Waals surface area contributed by atoms with Crippen LogP contribution < -0.4 is 14.4 Å². The van der Waals surface area contributed by atoms with Gasteiger partial charge in [0.2, 0.25) is 10.0 Å². The number of anilines is 1. The highest BCUT2D eigenvalue weighted by Gasteiger charge is 2.32. The van der Waals surface area contributed by atoms with E-state index in [2.05, 4.69) is 10.4 Å². The van der Waals surface area contributed by atoms with E-state index in [-0.39, 0.29) is 24.3 Å². The molecule has 200 valence electrons. The lowest BCUT2D eigenvalue weighted by Gasteiger charge is -2.22. The van der Waals surface area contributed by atoms with Crippen LogP contribution in [0.3, 0.4) is 0 Å². The van der Waals surface area contributed by atoms with Gasteiger partial charge in [0.15, 0.2) is 0 Å². The van der Waals surface area contributed by atoms with E-state index in [4.69, 9.17) is 9.15 Å². The minimum absolute atomic E-state index is 0.181. The van der Waals surface area contributed by atoms with Gasteiger partial charge in [-0.15, -0.1) is 0 Å². The molecule has 11 heteroatoms. The first-order valence-corrected chi connectivity index (χ1v) is 14.1. The van der Waals surface area contributed by atoms with Crippen LogP contribution in [0.1, 0.15) is 34.6 Å². The Morgan fingerprint density at radius 3 is 2.36 bits per heavy atom. The number of sulfonamides is 1. The number of aromatic amines is 1. The lowest BCUT2D eigenvalue weighted by Crippen LogP contribution is -2.30. The number of rotatable bonds is 5. The summed E-state index contributed by atoms with van der Waals surface area (Å²) in [5.74, 6) is 0.671. The van der Waals surface area contributed by atoms with Gasteiger partial charge in [0.1, 0.15) is 28.7 Å². The summed E-state index contributed by atoms with van der Waals surface area (Å²) in [6.07, 6.45) is 2.95. The number of nitrogens with zero attached hydrogens (tertiary/aromatic N) is 2. The predicted molar refractivity (Wildman–Crippen MR) is 145 cm³/mol. The molecule has 1 aliphatic rings. The summed E-state index contributed by atoms with van der Waals surface area (Å²) in [4.78, 5) is 13.1. The third-order valence-electron chi connectivity index (χ3n) is 6.95. The average molecular weight is 549 g/mol. The van der Waals surface area contributed by atoms with Crippen molar-refractivity contribution in [3.8, 4) is 22.8 Å². The second-order valence-electron chi connectivity index (χ2n) is 9.45. The minimum Gasteiger partial charge on any atom is -0.457 e. The largest absolute Gasteiger partial charge is 0.457 e. The summed E-state index contributed by atoms with van der Waals surface area (Å²) >= 11 is 0. The van der Waals surface area contributed by atoms with E-state index in [1.54, 1.807) is 43.6 Å². The van der Waals surface area contributed by atoms with Crippen LogP contribution in [-0.4, -0.2) is 37.4 Å². The Morgan fingerprint density at radius 2 is 1.77 bits per heavy atom. The molecule has 1 aliphatic heterocycles. The number of aromatic nitrogens is 2. The second-order valence-corrected chi connectivity index (χ2v) is 11.4. The lowest BCUT2D eigenvalue weighted by molar-refractivity contribution is 0.0964. The summed E-state index contributed by atoms with van der Waals surface area (Å²) < 4.78 is 54.1.